The summed E-state index contributed by atoms with van der Waals surface area (Å²) < 4.78 is 7.65. The van der Waals surface area contributed by atoms with Crippen LogP contribution in [0.1, 0.15) is 16.2 Å². The second-order valence-corrected chi connectivity index (χ2v) is 6.39. The molecule has 4 aromatic rings. The van der Waals surface area contributed by atoms with Gasteiger partial charge in [-0.2, -0.15) is 0 Å². The van der Waals surface area contributed by atoms with Gasteiger partial charge in [0.05, 0.1) is 0 Å². The molecule has 1 N–H and O–H groups in total. The third-order valence-corrected chi connectivity index (χ3v) is 4.67. The minimum Gasteiger partial charge on any atom is -0.457 e. The Morgan fingerprint density at radius 1 is 1.08 bits per heavy atom. The van der Waals surface area contributed by atoms with E-state index in [0.717, 1.165) is 16.4 Å². The number of aromatic nitrogens is 2. The summed E-state index contributed by atoms with van der Waals surface area (Å²) in [4.78, 5) is 17.5. The number of amides is 1. The summed E-state index contributed by atoms with van der Waals surface area (Å²) in [6, 6.07) is 16.8. The number of para-hydroxylation sites is 1. The summed E-state index contributed by atoms with van der Waals surface area (Å²) in [7, 11) is 0. The van der Waals surface area contributed by atoms with Gasteiger partial charge in [-0.1, -0.05) is 18.2 Å². The first kappa shape index (κ1) is 15.4. The Morgan fingerprint density at radius 3 is 2.52 bits per heavy atom. The van der Waals surface area contributed by atoms with Crippen LogP contribution in [0.3, 0.4) is 0 Å². The van der Waals surface area contributed by atoms with Gasteiger partial charge in [-0.15, -0.1) is 11.3 Å². The molecule has 0 saturated carbocycles. The van der Waals surface area contributed by atoms with E-state index in [9.17, 15) is 4.79 Å². The quantitative estimate of drug-likeness (QED) is 0.578. The van der Waals surface area contributed by atoms with Gasteiger partial charge >= 0.3 is 0 Å². The van der Waals surface area contributed by atoms with Crippen LogP contribution < -0.4 is 10.1 Å². The third-order valence-electron chi connectivity index (χ3n) is 3.71. The first-order valence-corrected chi connectivity index (χ1v) is 8.64. The number of imidazole rings is 1. The number of anilines is 1. The first-order chi connectivity index (χ1) is 12.2. The van der Waals surface area contributed by atoms with E-state index in [0.29, 0.717) is 17.1 Å². The largest absolute Gasteiger partial charge is 0.457 e. The lowest BCUT2D eigenvalue weighted by Crippen LogP contribution is -2.12. The molecule has 124 valence electrons. The Bertz CT molecular complexity index is 1020. The zero-order valence-corrected chi connectivity index (χ0v) is 14.3. The number of nitrogens with one attached hydrogen (secondary N) is 1. The molecule has 0 aliphatic carbocycles. The van der Waals surface area contributed by atoms with Gasteiger partial charge in [-0.05, 0) is 43.3 Å². The van der Waals surface area contributed by atoms with Crippen molar-refractivity contribution >= 4 is 27.9 Å². The molecule has 2 aromatic heterocycles. The van der Waals surface area contributed by atoms with E-state index in [1.165, 1.54) is 11.3 Å². The zero-order valence-electron chi connectivity index (χ0n) is 13.5. The van der Waals surface area contributed by atoms with Crippen LogP contribution in [0, 0.1) is 6.92 Å². The molecule has 0 unspecified atom stereocenters. The van der Waals surface area contributed by atoms with Crippen LogP contribution in [-0.4, -0.2) is 15.3 Å². The van der Waals surface area contributed by atoms with Gasteiger partial charge in [0, 0.05) is 23.0 Å². The number of nitrogens with zero attached hydrogens (tertiary/aromatic N) is 2. The van der Waals surface area contributed by atoms with Crippen LogP contribution in [0.25, 0.3) is 4.96 Å². The van der Waals surface area contributed by atoms with Crippen molar-refractivity contribution < 1.29 is 9.53 Å². The highest BCUT2D eigenvalue weighted by molar-refractivity contribution is 7.15. The van der Waals surface area contributed by atoms with Gasteiger partial charge in [0.1, 0.15) is 17.2 Å². The Morgan fingerprint density at radius 2 is 1.80 bits per heavy atom. The summed E-state index contributed by atoms with van der Waals surface area (Å²) in [6.45, 7) is 1.98. The topological polar surface area (TPSA) is 55.6 Å². The summed E-state index contributed by atoms with van der Waals surface area (Å²) >= 11 is 1.52. The summed E-state index contributed by atoms with van der Waals surface area (Å²) in [5.41, 5.74) is 2.16. The lowest BCUT2D eigenvalue weighted by molar-refractivity contribution is 0.102. The van der Waals surface area contributed by atoms with Crippen molar-refractivity contribution in [2.45, 2.75) is 6.92 Å². The van der Waals surface area contributed by atoms with E-state index in [1.54, 1.807) is 18.3 Å². The molecule has 0 bridgehead atoms. The molecule has 0 radical (unpaired) electrons. The average Bonchev–Trinajstić information content (AvgIpc) is 3.20. The molecule has 0 atom stereocenters. The van der Waals surface area contributed by atoms with Crippen molar-refractivity contribution in [3.63, 3.8) is 0 Å². The maximum atomic E-state index is 12.4. The second kappa shape index (κ2) is 6.41. The molecule has 5 nitrogen and oxygen atoms in total. The number of hydrogen-bond acceptors (Lipinski definition) is 4. The molecule has 0 spiro atoms. The fourth-order valence-corrected chi connectivity index (χ4v) is 3.28. The monoisotopic (exact) mass is 349 g/mol. The van der Waals surface area contributed by atoms with Crippen LogP contribution in [0.2, 0.25) is 0 Å². The van der Waals surface area contributed by atoms with E-state index < -0.39 is 0 Å². The number of hydrogen-bond donors (Lipinski definition) is 1. The van der Waals surface area contributed by atoms with E-state index in [1.807, 2.05) is 59.2 Å². The van der Waals surface area contributed by atoms with Crippen molar-refractivity contribution in [2.24, 2.45) is 0 Å². The van der Waals surface area contributed by atoms with Crippen molar-refractivity contribution in [1.82, 2.24) is 9.38 Å². The molecule has 25 heavy (non-hydrogen) atoms. The van der Waals surface area contributed by atoms with E-state index in [4.69, 9.17) is 4.74 Å². The average molecular weight is 349 g/mol. The minimum atomic E-state index is -0.230. The number of benzene rings is 2. The van der Waals surface area contributed by atoms with Gasteiger partial charge in [-0.25, -0.2) is 4.98 Å². The Kier molecular flexibility index (Phi) is 3.95. The molecular formula is C19H15N3O2S. The zero-order chi connectivity index (χ0) is 17.2. The fourth-order valence-electron chi connectivity index (χ4n) is 2.43. The molecule has 4 rings (SSSR count). The Balaban J connectivity index is 1.46. The van der Waals surface area contributed by atoms with Crippen LogP contribution in [0.15, 0.2) is 66.2 Å². The molecule has 2 aromatic carbocycles. The molecular weight excluding hydrogens is 334 g/mol. The Hall–Kier alpha value is -3.12. The van der Waals surface area contributed by atoms with E-state index in [-0.39, 0.29) is 5.91 Å². The lowest BCUT2D eigenvalue weighted by Gasteiger charge is -2.07. The minimum absolute atomic E-state index is 0.230. The number of rotatable bonds is 4. The maximum absolute atomic E-state index is 12.4. The highest BCUT2D eigenvalue weighted by atomic mass is 32.1. The number of fused-ring (bicyclic) bond motifs is 1. The number of carbonyl (C=O) groups excluding carboxylic acids is 1. The normalized spacial score (nSPS) is 10.8. The molecule has 1 amide bonds. The van der Waals surface area contributed by atoms with Crippen molar-refractivity contribution in [3.8, 4) is 11.5 Å². The van der Waals surface area contributed by atoms with E-state index in [2.05, 4.69) is 10.3 Å². The van der Waals surface area contributed by atoms with Gasteiger partial charge in [0.25, 0.3) is 5.91 Å². The van der Waals surface area contributed by atoms with Gasteiger partial charge < -0.3 is 10.1 Å². The first-order valence-electron chi connectivity index (χ1n) is 7.76. The van der Waals surface area contributed by atoms with Crippen LogP contribution >= 0.6 is 11.3 Å². The predicted molar refractivity (Wildman–Crippen MR) is 98.7 cm³/mol. The molecule has 0 aliphatic rings. The SMILES string of the molecule is Cc1csc2nc(C(=O)Nc3ccc(Oc4ccccc4)cc3)cn12. The van der Waals surface area contributed by atoms with Crippen LogP contribution in [0.5, 0.6) is 11.5 Å². The van der Waals surface area contributed by atoms with Crippen molar-refractivity contribution in [3.05, 3.63) is 77.6 Å². The number of thiazole rings is 1. The van der Waals surface area contributed by atoms with E-state index >= 15 is 0 Å². The second-order valence-electron chi connectivity index (χ2n) is 5.55. The standard InChI is InChI=1S/C19H15N3O2S/c1-13-12-25-19-21-17(11-22(13)19)18(23)20-14-7-9-16(10-8-14)24-15-5-3-2-4-6-15/h2-12H,1H3,(H,20,23). The predicted octanol–water partition coefficient (Wildman–Crippen LogP) is 4.75. The van der Waals surface area contributed by atoms with Crippen molar-refractivity contribution in [1.29, 1.82) is 0 Å². The van der Waals surface area contributed by atoms with Crippen molar-refractivity contribution in [2.75, 3.05) is 5.32 Å². The summed E-state index contributed by atoms with van der Waals surface area (Å²) in [5.74, 6) is 1.25. The summed E-state index contributed by atoms with van der Waals surface area (Å²) in [6.07, 6.45) is 1.75. The molecule has 6 heteroatoms. The lowest BCUT2D eigenvalue weighted by atomic mass is 10.3. The third kappa shape index (κ3) is 3.25. The fraction of sp³-hybridized carbons (Fsp3) is 0.0526. The highest BCUT2D eigenvalue weighted by Crippen LogP contribution is 2.23. The molecule has 2 heterocycles. The van der Waals surface area contributed by atoms with Gasteiger partial charge in [0.15, 0.2) is 4.96 Å². The Labute approximate surface area is 148 Å². The smallest absolute Gasteiger partial charge is 0.275 e. The van der Waals surface area contributed by atoms with Gasteiger partial charge in [0.2, 0.25) is 0 Å². The summed E-state index contributed by atoms with van der Waals surface area (Å²) in [5, 5.41) is 4.86. The number of ether oxygens (including phenoxy) is 1. The molecule has 0 saturated heterocycles. The number of aryl methyl sites for hydroxylation is 1. The molecule has 0 fully saturated rings. The molecule has 0 aliphatic heterocycles. The highest BCUT2D eigenvalue weighted by Gasteiger charge is 2.13. The van der Waals surface area contributed by atoms with Crippen LogP contribution in [0.4, 0.5) is 5.69 Å². The van der Waals surface area contributed by atoms with Gasteiger partial charge in [-0.3, -0.25) is 9.20 Å². The maximum Gasteiger partial charge on any atom is 0.275 e. The van der Waals surface area contributed by atoms with Crippen LogP contribution in [-0.2, 0) is 0 Å². The number of carbonyl (C=O) groups is 1.